The molecule has 1 N–H and O–H groups in total. The lowest BCUT2D eigenvalue weighted by atomic mass is 10.4. The van der Waals surface area contributed by atoms with Crippen LogP contribution in [-0.4, -0.2) is 24.2 Å². The highest BCUT2D eigenvalue weighted by Gasteiger charge is 2.06. The number of ether oxygens (including phenoxy) is 1. The topological polar surface area (TPSA) is 33.6 Å². The summed E-state index contributed by atoms with van der Waals surface area (Å²) in [7, 11) is 0. The first-order valence-electron chi connectivity index (χ1n) is 5.09. The summed E-state index contributed by atoms with van der Waals surface area (Å²) in [5.41, 5.74) is 0. The van der Waals surface area contributed by atoms with Crippen LogP contribution in [0.4, 0.5) is 0 Å². The summed E-state index contributed by atoms with van der Waals surface area (Å²) in [4.78, 5) is 4.34. The van der Waals surface area contributed by atoms with Crippen LogP contribution in [0.1, 0.15) is 34.6 Å². The molecular weight excluding hydrogens is 176 g/mol. The molecule has 0 fully saturated rings. The van der Waals surface area contributed by atoms with Crippen LogP contribution in [-0.2, 0) is 4.74 Å². The number of hydrogen-bond acceptors (Lipinski definition) is 2. The van der Waals surface area contributed by atoms with Gasteiger partial charge in [-0.3, -0.25) is 0 Å². The van der Waals surface area contributed by atoms with Crippen LogP contribution in [0.25, 0.3) is 0 Å². The first kappa shape index (κ1) is 13.0. The van der Waals surface area contributed by atoms with Gasteiger partial charge in [-0.2, -0.15) is 0 Å². The number of hydrogen-bond donors (Lipinski definition) is 1. The van der Waals surface area contributed by atoms with Crippen LogP contribution in [0.5, 0.6) is 0 Å². The van der Waals surface area contributed by atoms with E-state index in [4.69, 9.17) is 4.74 Å². The predicted octanol–water partition coefficient (Wildman–Crippen LogP) is 2.34. The largest absolute Gasteiger partial charge is 0.458 e. The molecule has 0 aliphatic carbocycles. The lowest BCUT2D eigenvalue weighted by Gasteiger charge is -2.17. The van der Waals surface area contributed by atoms with Crippen LogP contribution in [0.2, 0.25) is 0 Å². The van der Waals surface area contributed by atoms with Gasteiger partial charge in [0.15, 0.2) is 0 Å². The van der Waals surface area contributed by atoms with E-state index >= 15 is 0 Å². The molecule has 3 nitrogen and oxygen atoms in total. The molecule has 82 valence electrons. The third-order valence-corrected chi connectivity index (χ3v) is 1.42. The molecule has 0 aromatic heterocycles. The standard InChI is InChI=1S/C11H22N2O/c1-7-10(6)14-11(12-8(2)3)13-9(4)5/h7-10H,1H2,2-6H3,(H,12,13). The summed E-state index contributed by atoms with van der Waals surface area (Å²) in [5.74, 6) is 0. The van der Waals surface area contributed by atoms with E-state index in [0.717, 1.165) is 0 Å². The highest BCUT2D eigenvalue weighted by molar-refractivity contribution is 5.74. The van der Waals surface area contributed by atoms with E-state index in [9.17, 15) is 0 Å². The van der Waals surface area contributed by atoms with Crippen molar-refractivity contribution in [3.05, 3.63) is 12.7 Å². The summed E-state index contributed by atoms with van der Waals surface area (Å²) in [5, 5.41) is 3.16. The van der Waals surface area contributed by atoms with Gasteiger partial charge < -0.3 is 10.1 Å². The third-order valence-electron chi connectivity index (χ3n) is 1.42. The molecule has 1 unspecified atom stereocenters. The lowest BCUT2D eigenvalue weighted by molar-refractivity contribution is 0.238. The Kier molecular flexibility index (Phi) is 6.00. The normalized spacial score (nSPS) is 14.4. The van der Waals surface area contributed by atoms with Gasteiger partial charge >= 0.3 is 0 Å². The summed E-state index contributed by atoms with van der Waals surface area (Å²) in [6.07, 6.45) is 1.73. The van der Waals surface area contributed by atoms with E-state index in [2.05, 4.69) is 30.7 Å². The monoisotopic (exact) mass is 198 g/mol. The van der Waals surface area contributed by atoms with Gasteiger partial charge in [-0.25, -0.2) is 4.99 Å². The van der Waals surface area contributed by atoms with E-state index in [0.29, 0.717) is 12.1 Å². The molecule has 0 rings (SSSR count). The predicted molar refractivity (Wildman–Crippen MR) is 61.6 cm³/mol. The zero-order valence-corrected chi connectivity index (χ0v) is 9.87. The van der Waals surface area contributed by atoms with E-state index in [1.54, 1.807) is 6.08 Å². The molecule has 0 heterocycles. The SMILES string of the molecule is C=CC(C)OC(=NC(C)C)NC(C)C. The minimum Gasteiger partial charge on any atom is -0.458 e. The van der Waals surface area contributed by atoms with Crippen molar-refractivity contribution in [2.24, 2.45) is 4.99 Å². The summed E-state index contributed by atoms with van der Waals surface area (Å²) >= 11 is 0. The van der Waals surface area contributed by atoms with Crippen molar-refractivity contribution >= 4 is 6.02 Å². The van der Waals surface area contributed by atoms with Gasteiger partial charge in [0.05, 0.1) is 0 Å². The molecule has 3 heteroatoms. The van der Waals surface area contributed by atoms with Gasteiger partial charge in [0.2, 0.25) is 0 Å². The van der Waals surface area contributed by atoms with Crippen molar-refractivity contribution in [1.29, 1.82) is 0 Å². The maximum absolute atomic E-state index is 5.54. The van der Waals surface area contributed by atoms with Crippen molar-refractivity contribution in [2.75, 3.05) is 0 Å². The van der Waals surface area contributed by atoms with Crippen LogP contribution < -0.4 is 5.32 Å². The fourth-order valence-electron chi connectivity index (χ4n) is 0.807. The number of aliphatic imine (C=N–C) groups is 1. The average molecular weight is 198 g/mol. The van der Waals surface area contributed by atoms with E-state index < -0.39 is 0 Å². The number of amidine groups is 1. The zero-order chi connectivity index (χ0) is 11.1. The van der Waals surface area contributed by atoms with Crippen LogP contribution in [0.15, 0.2) is 17.6 Å². The van der Waals surface area contributed by atoms with E-state index in [-0.39, 0.29) is 12.1 Å². The van der Waals surface area contributed by atoms with Crippen molar-refractivity contribution in [2.45, 2.75) is 52.8 Å². The maximum Gasteiger partial charge on any atom is 0.285 e. The highest BCUT2D eigenvalue weighted by Crippen LogP contribution is 1.96. The van der Waals surface area contributed by atoms with Crippen LogP contribution >= 0.6 is 0 Å². The molecule has 0 bridgehead atoms. The Bertz CT molecular complexity index is 197. The average Bonchev–Trinajstić information content (AvgIpc) is 2.01. The molecule has 0 saturated heterocycles. The van der Waals surface area contributed by atoms with Gasteiger partial charge in [-0.1, -0.05) is 12.7 Å². The molecule has 0 amide bonds. The number of nitrogens with one attached hydrogen (secondary N) is 1. The Morgan fingerprint density at radius 2 is 1.86 bits per heavy atom. The van der Waals surface area contributed by atoms with Gasteiger partial charge in [0.1, 0.15) is 6.10 Å². The van der Waals surface area contributed by atoms with Crippen molar-refractivity contribution in [3.63, 3.8) is 0 Å². The molecule has 0 aromatic carbocycles. The molecule has 0 aromatic rings. The Morgan fingerprint density at radius 1 is 1.29 bits per heavy atom. The third kappa shape index (κ3) is 6.52. The molecule has 1 atom stereocenters. The smallest absolute Gasteiger partial charge is 0.285 e. The first-order valence-corrected chi connectivity index (χ1v) is 5.09. The molecule has 0 saturated carbocycles. The molecule has 14 heavy (non-hydrogen) atoms. The molecule has 0 spiro atoms. The van der Waals surface area contributed by atoms with E-state index in [1.165, 1.54) is 0 Å². The Morgan fingerprint density at radius 3 is 2.21 bits per heavy atom. The van der Waals surface area contributed by atoms with Crippen molar-refractivity contribution in [1.82, 2.24) is 5.32 Å². The second-order valence-corrected chi connectivity index (χ2v) is 3.89. The fourth-order valence-corrected chi connectivity index (χ4v) is 0.807. The lowest BCUT2D eigenvalue weighted by Crippen LogP contribution is -2.34. The first-order chi connectivity index (χ1) is 6.45. The van der Waals surface area contributed by atoms with Gasteiger partial charge in [-0.05, 0) is 34.6 Å². The van der Waals surface area contributed by atoms with Crippen molar-refractivity contribution < 1.29 is 4.74 Å². The Labute approximate surface area is 87.3 Å². The Balaban J connectivity index is 4.32. The van der Waals surface area contributed by atoms with Gasteiger partial charge in [0.25, 0.3) is 6.02 Å². The van der Waals surface area contributed by atoms with Gasteiger partial charge in [-0.15, -0.1) is 0 Å². The van der Waals surface area contributed by atoms with Crippen LogP contribution in [0, 0.1) is 0 Å². The maximum atomic E-state index is 5.54. The van der Waals surface area contributed by atoms with Gasteiger partial charge in [0, 0.05) is 12.1 Å². The second-order valence-electron chi connectivity index (χ2n) is 3.89. The fraction of sp³-hybridized carbons (Fsp3) is 0.727. The zero-order valence-electron chi connectivity index (χ0n) is 9.87. The molecule has 0 aliphatic heterocycles. The second kappa shape index (κ2) is 6.46. The molecule has 0 radical (unpaired) electrons. The van der Waals surface area contributed by atoms with E-state index in [1.807, 2.05) is 20.8 Å². The van der Waals surface area contributed by atoms with Crippen molar-refractivity contribution in [3.8, 4) is 0 Å². The summed E-state index contributed by atoms with van der Waals surface area (Å²) in [6, 6.07) is 1.15. The number of nitrogens with zero attached hydrogens (tertiary/aromatic N) is 1. The quantitative estimate of drug-likeness (QED) is 0.427. The number of rotatable bonds is 4. The molecular formula is C11H22N2O. The minimum atomic E-state index is -0.0150. The summed E-state index contributed by atoms with van der Waals surface area (Å²) in [6.45, 7) is 13.7. The minimum absolute atomic E-state index is 0.0150. The summed E-state index contributed by atoms with van der Waals surface area (Å²) < 4.78 is 5.54. The Hall–Kier alpha value is -0.990. The highest BCUT2D eigenvalue weighted by atomic mass is 16.5. The molecule has 0 aliphatic rings. The van der Waals surface area contributed by atoms with Crippen LogP contribution in [0.3, 0.4) is 0 Å².